The molecule has 0 saturated carbocycles. The molecule has 7 aromatic rings. The third-order valence-corrected chi connectivity index (χ3v) is 8.51. The van der Waals surface area contributed by atoms with Gasteiger partial charge in [0.25, 0.3) is 17.0 Å². The minimum Gasteiger partial charge on any atom is -0.477 e. The average molecular weight is 756 g/mol. The Labute approximate surface area is 306 Å². The second-order valence-electron chi connectivity index (χ2n) is 12.1. The van der Waals surface area contributed by atoms with E-state index in [-0.39, 0.29) is 17.2 Å². The number of carbonyl (C=O) groups is 2. The van der Waals surface area contributed by atoms with E-state index in [1.807, 2.05) is 24.3 Å². The van der Waals surface area contributed by atoms with E-state index >= 15 is 0 Å². The average Bonchev–Trinajstić information content (AvgIpc) is 3.16. The first-order valence-corrected chi connectivity index (χ1v) is 16.3. The van der Waals surface area contributed by atoms with Crippen molar-refractivity contribution < 1.29 is 41.0 Å². The number of H-pyrrole nitrogens is 2. The van der Waals surface area contributed by atoms with Crippen LogP contribution >= 0.6 is 0 Å². The molecule has 0 atom stereocenters. The van der Waals surface area contributed by atoms with Crippen LogP contribution in [0.4, 0.5) is 26.3 Å². The molecule has 55 heavy (non-hydrogen) atoms. The van der Waals surface area contributed by atoms with Crippen molar-refractivity contribution in [3.63, 3.8) is 0 Å². The highest BCUT2D eigenvalue weighted by Gasteiger charge is 2.37. The molecular formula is C41H27F6N3O5. The molecule has 1 amide bonds. The lowest BCUT2D eigenvalue weighted by atomic mass is 9.95. The Kier molecular flexibility index (Phi) is 10.4. The Bertz CT molecular complexity index is 2640. The molecule has 0 unspecified atom stereocenters. The lowest BCUT2D eigenvalue weighted by molar-refractivity contribution is -0.143. The number of carbonyl (C=O) groups excluding carboxylic acids is 1. The number of nitrogens with one attached hydrogen (secondary N) is 3. The SMILES string of the molecule is O=C(NCc1cc(C(F)(F)F)cc(C(F)(F)F)c1)c1c(-c2ccccc2)c2ccccc2[nH]c1=O.O=C(O)c1c(-c2ccccc2)c2ccccc2[nH]c1=O. The van der Waals surface area contributed by atoms with Gasteiger partial charge in [-0.3, -0.25) is 14.4 Å². The van der Waals surface area contributed by atoms with Crippen LogP contribution in [0.25, 0.3) is 44.1 Å². The number of benzene rings is 5. The van der Waals surface area contributed by atoms with Crippen molar-refractivity contribution in [2.75, 3.05) is 0 Å². The molecule has 0 bridgehead atoms. The van der Waals surface area contributed by atoms with E-state index in [0.29, 0.717) is 50.8 Å². The lowest BCUT2D eigenvalue weighted by Crippen LogP contribution is -2.30. The van der Waals surface area contributed by atoms with Gasteiger partial charge in [-0.05, 0) is 47.0 Å². The molecule has 2 aromatic heterocycles. The van der Waals surface area contributed by atoms with Crippen molar-refractivity contribution in [1.82, 2.24) is 15.3 Å². The quantitative estimate of drug-likeness (QED) is 0.126. The first-order valence-electron chi connectivity index (χ1n) is 16.3. The van der Waals surface area contributed by atoms with Crippen LogP contribution in [-0.4, -0.2) is 27.0 Å². The number of aromatic amines is 2. The van der Waals surface area contributed by atoms with Crippen LogP contribution < -0.4 is 16.4 Å². The van der Waals surface area contributed by atoms with E-state index in [1.54, 1.807) is 84.9 Å². The number of hydrogen-bond donors (Lipinski definition) is 4. The van der Waals surface area contributed by atoms with Gasteiger partial charge in [-0.15, -0.1) is 0 Å². The summed E-state index contributed by atoms with van der Waals surface area (Å²) in [6.07, 6.45) is -10.0. The number of halogens is 6. The molecule has 0 spiro atoms. The zero-order valence-electron chi connectivity index (χ0n) is 28.2. The Morgan fingerprint density at radius 2 is 0.964 bits per heavy atom. The van der Waals surface area contributed by atoms with Gasteiger partial charge in [-0.1, -0.05) is 97.1 Å². The van der Waals surface area contributed by atoms with E-state index in [1.165, 1.54) is 0 Å². The van der Waals surface area contributed by atoms with Crippen molar-refractivity contribution in [3.8, 4) is 22.3 Å². The summed E-state index contributed by atoms with van der Waals surface area (Å²) < 4.78 is 78.8. The zero-order valence-corrected chi connectivity index (χ0v) is 28.2. The predicted octanol–water partition coefficient (Wildman–Crippen LogP) is 9.06. The number of fused-ring (bicyclic) bond motifs is 2. The highest BCUT2D eigenvalue weighted by atomic mass is 19.4. The summed E-state index contributed by atoms with van der Waals surface area (Å²) in [6, 6.07) is 32.6. The number of rotatable bonds is 6. The molecule has 0 saturated heterocycles. The minimum atomic E-state index is -5.02. The van der Waals surface area contributed by atoms with Gasteiger partial charge in [0.05, 0.1) is 11.1 Å². The summed E-state index contributed by atoms with van der Waals surface area (Å²) in [4.78, 5) is 54.6. The van der Waals surface area contributed by atoms with Gasteiger partial charge in [0.1, 0.15) is 11.1 Å². The zero-order chi connectivity index (χ0) is 39.5. The molecule has 7 rings (SSSR count). The molecule has 0 aliphatic rings. The van der Waals surface area contributed by atoms with E-state index < -0.39 is 58.6 Å². The highest BCUT2D eigenvalue weighted by Crippen LogP contribution is 2.37. The van der Waals surface area contributed by atoms with Gasteiger partial charge in [0, 0.05) is 39.5 Å². The predicted molar refractivity (Wildman–Crippen MR) is 195 cm³/mol. The fraction of sp³-hybridized carbons (Fsp3) is 0.0732. The van der Waals surface area contributed by atoms with Crippen LogP contribution in [-0.2, 0) is 18.9 Å². The summed E-state index contributed by atoms with van der Waals surface area (Å²) in [5.41, 5.74) is -2.19. The fourth-order valence-electron chi connectivity index (χ4n) is 6.11. The Hall–Kier alpha value is -6.96. The number of carboxylic acid groups (broad SMARTS) is 1. The molecule has 0 radical (unpaired) electrons. The second-order valence-corrected chi connectivity index (χ2v) is 12.1. The van der Waals surface area contributed by atoms with Crippen LogP contribution in [0.1, 0.15) is 37.4 Å². The monoisotopic (exact) mass is 755 g/mol. The molecule has 0 aliphatic carbocycles. The summed E-state index contributed by atoms with van der Waals surface area (Å²) in [7, 11) is 0. The number of pyridine rings is 2. The van der Waals surface area contributed by atoms with E-state index in [9.17, 15) is 50.6 Å². The molecule has 5 aromatic carbocycles. The molecular weight excluding hydrogens is 728 g/mol. The topological polar surface area (TPSA) is 132 Å². The fourth-order valence-corrected chi connectivity index (χ4v) is 6.11. The minimum absolute atomic E-state index is 0.00682. The van der Waals surface area contributed by atoms with E-state index in [0.717, 1.165) is 5.39 Å². The lowest BCUT2D eigenvalue weighted by Gasteiger charge is -2.15. The molecule has 0 aliphatic heterocycles. The van der Waals surface area contributed by atoms with Gasteiger partial charge in [0.15, 0.2) is 0 Å². The van der Waals surface area contributed by atoms with E-state index in [4.69, 9.17) is 0 Å². The number of hydrogen-bond acceptors (Lipinski definition) is 4. The molecule has 0 fully saturated rings. The molecule has 8 nitrogen and oxygen atoms in total. The van der Waals surface area contributed by atoms with Gasteiger partial charge in [-0.25, -0.2) is 4.79 Å². The summed E-state index contributed by atoms with van der Waals surface area (Å²) >= 11 is 0. The van der Waals surface area contributed by atoms with Gasteiger partial charge in [-0.2, -0.15) is 26.3 Å². The Balaban J connectivity index is 0.000000217. The van der Waals surface area contributed by atoms with Crippen molar-refractivity contribution >= 4 is 33.7 Å². The first-order chi connectivity index (χ1) is 26.1. The molecule has 4 N–H and O–H groups in total. The number of alkyl halides is 6. The van der Waals surface area contributed by atoms with Crippen LogP contribution in [0.15, 0.2) is 137 Å². The van der Waals surface area contributed by atoms with Crippen molar-refractivity contribution in [2.45, 2.75) is 18.9 Å². The molecule has 14 heteroatoms. The van der Waals surface area contributed by atoms with Crippen molar-refractivity contribution in [2.24, 2.45) is 0 Å². The number of carboxylic acids is 1. The van der Waals surface area contributed by atoms with Crippen molar-refractivity contribution in [3.05, 3.63) is 176 Å². The van der Waals surface area contributed by atoms with Gasteiger partial charge < -0.3 is 20.4 Å². The standard InChI is InChI=1S/C25H16F6N2O2.C16H11NO3/c26-24(27,28)16-10-14(11-17(12-16)25(29,30)31)13-32-22(34)21-20(15-6-2-1-3-7-15)18-8-4-5-9-19(18)33-23(21)35;18-15-14(16(19)20)13(10-6-2-1-3-7-10)11-8-4-5-9-12(11)17-15/h1-12H,13H2,(H,32,34)(H,33,35);1-9H,(H,17,18)(H,19,20). The van der Waals surface area contributed by atoms with E-state index in [2.05, 4.69) is 15.3 Å². The first kappa shape index (κ1) is 37.8. The Morgan fingerprint density at radius 1 is 0.564 bits per heavy atom. The highest BCUT2D eigenvalue weighted by molar-refractivity contribution is 6.09. The second kappa shape index (κ2) is 15.2. The van der Waals surface area contributed by atoms with Gasteiger partial charge in [0.2, 0.25) is 0 Å². The maximum Gasteiger partial charge on any atom is 0.416 e. The molecule has 278 valence electrons. The largest absolute Gasteiger partial charge is 0.477 e. The maximum absolute atomic E-state index is 13.1. The number of aromatic nitrogens is 2. The number of amides is 1. The third-order valence-electron chi connectivity index (χ3n) is 8.51. The Morgan fingerprint density at radius 3 is 1.40 bits per heavy atom. The smallest absolute Gasteiger partial charge is 0.416 e. The molecule has 2 heterocycles. The summed E-state index contributed by atoms with van der Waals surface area (Å²) in [6.45, 7) is -0.660. The van der Waals surface area contributed by atoms with Crippen molar-refractivity contribution in [1.29, 1.82) is 0 Å². The normalized spacial score (nSPS) is 11.5. The van der Waals surface area contributed by atoms with Crippen LogP contribution in [0, 0.1) is 0 Å². The van der Waals surface area contributed by atoms with Crippen LogP contribution in [0.3, 0.4) is 0 Å². The van der Waals surface area contributed by atoms with Crippen LogP contribution in [0.5, 0.6) is 0 Å². The third kappa shape index (κ3) is 8.18. The summed E-state index contributed by atoms with van der Waals surface area (Å²) in [5, 5.41) is 12.9. The summed E-state index contributed by atoms with van der Waals surface area (Å²) in [5.74, 6) is -2.17. The van der Waals surface area contributed by atoms with Crippen LogP contribution in [0.2, 0.25) is 0 Å². The maximum atomic E-state index is 13.1. The van der Waals surface area contributed by atoms with Gasteiger partial charge >= 0.3 is 18.3 Å². The number of aromatic carboxylic acids is 1. The number of para-hydroxylation sites is 2.